The topological polar surface area (TPSA) is 69.6 Å². The third-order valence-electron chi connectivity index (χ3n) is 3.82. The molecular formula is C16H24N2O3. The van der Waals surface area contributed by atoms with Crippen LogP contribution in [0.1, 0.15) is 27.7 Å². The maximum Gasteiger partial charge on any atom is 0.307 e. The summed E-state index contributed by atoms with van der Waals surface area (Å²) in [7, 11) is 0. The molecule has 0 radical (unpaired) electrons. The average Bonchev–Trinajstić information content (AvgIpc) is 2.48. The van der Waals surface area contributed by atoms with Crippen LogP contribution in [0.2, 0.25) is 0 Å². The lowest BCUT2D eigenvalue weighted by Crippen LogP contribution is -2.30. The molecule has 0 bridgehead atoms. The zero-order valence-electron chi connectivity index (χ0n) is 13.1. The Morgan fingerprint density at radius 2 is 1.62 bits per heavy atom. The van der Waals surface area contributed by atoms with Crippen LogP contribution in [-0.2, 0) is 9.59 Å². The van der Waals surface area contributed by atoms with E-state index >= 15 is 0 Å². The van der Waals surface area contributed by atoms with E-state index in [4.69, 9.17) is 5.11 Å². The van der Waals surface area contributed by atoms with Crippen LogP contribution >= 0.6 is 0 Å². The van der Waals surface area contributed by atoms with Gasteiger partial charge < -0.3 is 15.3 Å². The summed E-state index contributed by atoms with van der Waals surface area (Å²) < 4.78 is 0. The van der Waals surface area contributed by atoms with E-state index in [0.29, 0.717) is 5.69 Å². The lowest BCUT2D eigenvalue weighted by Gasteiger charge is -2.21. The zero-order chi connectivity index (χ0) is 16.0. The molecule has 1 aromatic carbocycles. The molecule has 1 amide bonds. The molecule has 2 unspecified atom stereocenters. The van der Waals surface area contributed by atoms with Crippen molar-refractivity contribution in [2.24, 2.45) is 11.8 Å². The smallest absolute Gasteiger partial charge is 0.307 e. The summed E-state index contributed by atoms with van der Waals surface area (Å²) >= 11 is 0. The minimum Gasteiger partial charge on any atom is -0.481 e. The van der Waals surface area contributed by atoms with Gasteiger partial charge in [-0.3, -0.25) is 9.59 Å². The van der Waals surface area contributed by atoms with E-state index < -0.39 is 17.8 Å². The Kier molecular flexibility index (Phi) is 6.21. The number of anilines is 2. The second kappa shape index (κ2) is 7.67. The molecule has 0 aliphatic heterocycles. The second-order valence-electron chi connectivity index (χ2n) is 5.12. The molecule has 2 atom stereocenters. The van der Waals surface area contributed by atoms with Gasteiger partial charge in [0.15, 0.2) is 0 Å². The van der Waals surface area contributed by atoms with Crippen molar-refractivity contribution in [3.8, 4) is 0 Å². The Morgan fingerprint density at radius 3 is 2.05 bits per heavy atom. The Bertz CT molecular complexity index is 481. The number of hydrogen-bond acceptors (Lipinski definition) is 3. The molecule has 0 saturated carbocycles. The Balaban J connectivity index is 2.71. The molecule has 0 aromatic heterocycles. The van der Waals surface area contributed by atoms with Crippen molar-refractivity contribution in [1.82, 2.24) is 0 Å². The van der Waals surface area contributed by atoms with E-state index in [0.717, 1.165) is 18.8 Å². The summed E-state index contributed by atoms with van der Waals surface area (Å²) in [4.78, 5) is 25.1. The normalized spacial score (nSPS) is 13.3. The maximum absolute atomic E-state index is 12.0. The lowest BCUT2D eigenvalue weighted by atomic mass is 9.95. The van der Waals surface area contributed by atoms with Gasteiger partial charge in [0.2, 0.25) is 5.91 Å². The van der Waals surface area contributed by atoms with Gasteiger partial charge >= 0.3 is 5.97 Å². The van der Waals surface area contributed by atoms with Crippen LogP contribution in [0.5, 0.6) is 0 Å². The maximum atomic E-state index is 12.0. The molecule has 21 heavy (non-hydrogen) atoms. The first-order valence-corrected chi connectivity index (χ1v) is 7.29. The Hall–Kier alpha value is -2.04. The number of carboxylic acids is 1. The third-order valence-corrected chi connectivity index (χ3v) is 3.82. The predicted molar refractivity (Wildman–Crippen MR) is 84.6 cm³/mol. The van der Waals surface area contributed by atoms with Gasteiger partial charge in [0, 0.05) is 30.4 Å². The van der Waals surface area contributed by atoms with Gasteiger partial charge in [0.25, 0.3) is 0 Å². The number of carbonyl (C=O) groups is 2. The summed E-state index contributed by atoms with van der Waals surface area (Å²) in [6.45, 7) is 9.20. The van der Waals surface area contributed by atoms with Crippen molar-refractivity contribution in [3.63, 3.8) is 0 Å². The zero-order valence-corrected chi connectivity index (χ0v) is 13.1. The number of benzene rings is 1. The van der Waals surface area contributed by atoms with Crippen LogP contribution < -0.4 is 10.2 Å². The largest absolute Gasteiger partial charge is 0.481 e. The highest BCUT2D eigenvalue weighted by atomic mass is 16.4. The number of carbonyl (C=O) groups excluding carboxylic acids is 1. The van der Waals surface area contributed by atoms with Crippen molar-refractivity contribution < 1.29 is 14.7 Å². The van der Waals surface area contributed by atoms with Crippen molar-refractivity contribution in [3.05, 3.63) is 24.3 Å². The van der Waals surface area contributed by atoms with E-state index in [9.17, 15) is 9.59 Å². The van der Waals surface area contributed by atoms with Gasteiger partial charge in [-0.25, -0.2) is 0 Å². The second-order valence-corrected chi connectivity index (χ2v) is 5.12. The first-order valence-electron chi connectivity index (χ1n) is 7.29. The van der Waals surface area contributed by atoms with Gasteiger partial charge in [-0.05, 0) is 38.1 Å². The van der Waals surface area contributed by atoms with Crippen LogP contribution in [0.3, 0.4) is 0 Å². The predicted octanol–water partition coefficient (Wildman–Crippen LogP) is 2.83. The highest BCUT2D eigenvalue weighted by molar-refractivity contribution is 5.94. The van der Waals surface area contributed by atoms with Crippen molar-refractivity contribution >= 4 is 23.3 Å². The van der Waals surface area contributed by atoms with E-state index in [2.05, 4.69) is 24.1 Å². The number of hydrogen-bond donors (Lipinski definition) is 2. The van der Waals surface area contributed by atoms with Crippen LogP contribution in [-0.4, -0.2) is 30.1 Å². The fourth-order valence-electron chi connectivity index (χ4n) is 2.04. The van der Waals surface area contributed by atoms with Crippen LogP contribution in [0, 0.1) is 11.8 Å². The number of nitrogens with zero attached hydrogens (tertiary/aromatic N) is 1. The summed E-state index contributed by atoms with van der Waals surface area (Å²) in [5, 5.41) is 11.7. The molecule has 5 heteroatoms. The Labute approximate surface area is 126 Å². The molecule has 1 aromatic rings. The van der Waals surface area contributed by atoms with Gasteiger partial charge in [-0.2, -0.15) is 0 Å². The van der Waals surface area contributed by atoms with E-state index in [1.54, 1.807) is 6.92 Å². The monoisotopic (exact) mass is 292 g/mol. The molecule has 1 rings (SSSR count). The summed E-state index contributed by atoms with van der Waals surface area (Å²) in [6, 6.07) is 7.58. The lowest BCUT2D eigenvalue weighted by molar-refractivity contribution is -0.145. The van der Waals surface area contributed by atoms with E-state index in [1.165, 1.54) is 6.92 Å². The molecule has 0 aliphatic carbocycles. The average molecular weight is 292 g/mol. The fraction of sp³-hybridized carbons (Fsp3) is 0.500. The molecular weight excluding hydrogens is 268 g/mol. The van der Waals surface area contributed by atoms with E-state index in [1.807, 2.05) is 24.3 Å². The standard InChI is InChI=1S/C16H24N2O3/c1-5-18(6-2)14-9-7-13(8-10-14)17-15(19)11(3)12(4)16(20)21/h7-12H,5-6H2,1-4H3,(H,17,19)(H,20,21). The van der Waals surface area contributed by atoms with Gasteiger partial charge in [-0.1, -0.05) is 13.8 Å². The highest BCUT2D eigenvalue weighted by Crippen LogP contribution is 2.19. The number of rotatable bonds is 7. The van der Waals surface area contributed by atoms with Crippen molar-refractivity contribution in [2.75, 3.05) is 23.3 Å². The highest BCUT2D eigenvalue weighted by Gasteiger charge is 2.25. The molecule has 0 heterocycles. The van der Waals surface area contributed by atoms with E-state index in [-0.39, 0.29) is 5.91 Å². The molecule has 2 N–H and O–H groups in total. The number of carboxylic acid groups (broad SMARTS) is 1. The van der Waals surface area contributed by atoms with Gasteiger partial charge in [0.1, 0.15) is 0 Å². The van der Waals surface area contributed by atoms with Crippen LogP contribution in [0.25, 0.3) is 0 Å². The molecule has 0 saturated heterocycles. The summed E-state index contributed by atoms with van der Waals surface area (Å²) in [6.07, 6.45) is 0. The number of nitrogens with one attached hydrogen (secondary N) is 1. The molecule has 0 spiro atoms. The SMILES string of the molecule is CCN(CC)c1ccc(NC(=O)C(C)C(C)C(=O)O)cc1. The van der Waals surface area contributed by atoms with Crippen LogP contribution in [0.4, 0.5) is 11.4 Å². The first-order chi connectivity index (χ1) is 9.90. The summed E-state index contributed by atoms with van der Waals surface area (Å²) in [5.41, 5.74) is 1.78. The summed E-state index contributed by atoms with van der Waals surface area (Å²) in [5.74, 6) is -2.53. The van der Waals surface area contributed by atoms with Crippen molar-refractivity contribution in [1.29, 1.82) is 0 Å². The quantitative estimate of drug-likeness (QED) is 0.810. The van der Waals surface area contributed by atoms with Gasteiger partial charge in [0.05, 0.1) is 5.92 Å². The molecule has 0 fully saturated rings. The first kappa shape index (κ1) is 17.0. The third kappa shape index (κ3) is 4.48. The fourth-order valence-corrected chi connectivity index (χ4v) is 2.04. The Morgan fingerprint density at radius 1 is 1.10 bits per heavy atom. The minimum absolute atomic E-state index is 0.277. The molecule has 0 aliphatic rings. The molecule has 116 valence electrons. The molecule has 5 nitrogen and oxygen atoms in total. The number of amides is 1. The number of aliphatic carboxylic acids is 1. The minimum atomic E-state index is -0.963. The van der Waals surface area contributed by atoms with Gasteiger partial charge in [-0.15, -0.1) is 0 Å². The van der Waals surface area contributed by atoms with Crippen LogP contribution in [0.15, 0.2) is 24.3 Å². The van der Waals surface area contributed by atoms with Crippen molar-refractivity contribution in [2.45, 2.75) is 27.7 Å².